The number of H-pyrrole nitrogens is 1. The number of benzene rings is 4. The lowest BCUT2D eigenvalue weighted by Gasteiger charge is -2.32. The van der Waals surface area contributed by atoms with Gasteiger partial charge in [-0.15, -0.1) is 11.6 Å². The number of hydrogen-bond donors (Lipinski definition) is 3. The number of esters is 1. The summed E-state index contributed by atoms with van der Waals surface area (Å²) >= 11 is 15.7. The molecule has 7 aliphatic heterocycles. The molecule has 0 bridgehead atoms. The van der Waals surface area contributed by atoms with E-state index in [1.807, 2.05) is 61.9 Å². The summed E-state index contributed by atoms with van der Waals surface area (Å²) in [7, 11) is 4.02. The number of carboxylic acids is 1. The molecule has 0 radical (unpaired) electrons. The number of halogens is 8. The molecule has 6 aromatic rings. The molecule has 8 aliphatic rings. The Morgan fingerprint density at radius 1 is 0.607 bits per heavy atom. The van der Waals surface area contributed by atoms with Gasteiger partial charge in [-0.1, -0.05) is 88.4 Å². The number of aromatic nitrogens is 4. The largest absolute Gasteiger partial charge is 0.481 e. The Bertz CT molecular complexity index is 3860. The van der Waals surface area contributed by atoms with Crippen LogP contribution in [0.5, 0.6) is 0 Å². The predicted molar refractivity (Wildman–Crippen MR) is 486 cm³/mol. The van der Waals surface area contributed by atoms with Crippen LogP contribution in [0.15, 0.2) is 127 Å². The van der Waals surface area contributed by atoms with Gasteiger partial charge in [-0.25, -0.2) is 41.3 Å². The van der Waals surface area contributed by atoms with E-state index in [1.54, 1.807) is 6.92 Å². The Hall–Kier alpha value is -5.79. The minimum absolute atomic E-state index is 0.0380. The highest BCUT2D eigenvalue weighted by Gasteiger charge is 2.31. The highest BCUT2D eigenvalue weighted by atomic mass is 79.9. The number of ether oxygens (including phenoxy) is 2. The van der Waals surface area contributed by atoms with Gasteiger partial charge in [0, 0.05) is 149 Å². The summed E-state index contributed by atoms with van der Waals surface area (Å²) < 4.78 is 88.6. The number of piperidine rings is 5. The van der Waals surface area contributed by atoms with Gasteiger partial charge in [0.2, 0.25) is 0 Å². The van der Waals surface area contributed by atoms with Crippen LogP contribution in [0.3, 0.4) is 0 Å². The molecule has 18 nitrogen and oxygen atoms in total. The first kappa shape index (κ1) is 103. The number of nitrogens with zero attached hydrogens (tertiary/aromatic N) is 10. The summed E-state index contributed by atoms with van der Waals surface area (Å²) in [5, 5.41) is 13.8. The maximum absolute atomic E-state index is 13.1. The first-order valence-electron chi connectivity index (χ1n) is 44.3. The number of carbonyl (C=O) groups is 3. The van der Waals surface area contributed by atoms with Crippen molar-refractivity contribution in [2.24, 2.45) is 23.7 Å². The number of thioether (sulfide) groups is 1. The smallest absolute Gasteiger partial charge is 0.310 e. The van der Waals surface area contributed by atoms with Gasteiger partial charge < -0.3 is 34.7 Å². The number of carbonyl (C=O) groups excluding carboxylic acids is 2. The van der Waals surface area contributed by atoms with Crippen LogP contribution in [0.25, 0.3) is 0 Å². The first-order chi connectivity index (χ1) is 58.6. The number of aliphatic carboxylic acids is 1. The van der Waals surface area contributed by atoms with E-state index in [-0.39, 0.29) is 53.7 Å². The van der Waals surface area contributed by atoms with E-state index in [0.29, 0.717) is 79.8 Å². The highest BCUT2D eigenvalue weighted by Crippen LogP contribution is 2.32. The van der Waals surface area contributed by atoms with Crippen LogP contribution in [0.4, 0.5) is 26.3 Å². The van der Waals surface area contributed by atoms with Crippen LogP contribution in [-0.4, -0.2) is 244 Å². The second-order valence-electron chi connectivity index (χ2n) is 34.5. The number of Topliss-reactive ketones (excluding diaryl/α,β-unsaturated/α-hetero) is 1. The van der Waals surface area contributed by atoms with Crippen molar-refractivity contribution in [2.75, 3.05) is 142 Å². The Labute approximate surface area is 746 Å². The number of alkyl halides is 4. The third kappa shape index (κ3) is 41.8. The maximum atomic E-state index is 13.1. The molecule has 2 aromatic heterocycles. The number of carboxylic acid groups (broad SMARTS) is 1. The van der Waals surface area contributed by atoms with E-state index in [2.05, 4.69) is 154 Å². The monoisotopic (exact) mass is 1820 g/mol. The van der Waals surface area contributed by atoms with E-state index in [9.17, 15) is 40.7 Å². The normalized spacial score (nSPS) is 22.6. The van der Waals surface area contributed by atoms with Gasteiger partial charge in [0.15, 0.2) is 9.93 Å². The lowest BCUT2D eigenvalue weighted by molar-refractivity contribution is -0.148. The zero-order chi connectivity index (χ0) is 88.2. The van der Waals surface area contributed by atoms with Crippen LogP contribution in [0.1, 0.15) is 196 Å². The summed E-state index contributed by atoms with van der Waals surface area (Å²) in [6, 6.07) is 32.6. The quantitative estimate of drug-likeness (QED) is 0.0105. The van der Waals surface area contributed by atoms with Crippen molar-refractivity contribution in [1.29, 1.82) is 0 Å². The summed E-state index contributed by atoms with van der Waals surface area (Å²) in [6.07, 6.45) is 19.1. The fourth-order valence-electron chi connectivity index (χ4n) is 16.4. The van der Waals surface area contributed by atoms with Crippen molar-refractivity contribution in [3.8, 4) is 0 Å². The molecule has 14 rings (SSSR count). The van der Waals surface area contributed by atoms with Crippen molar-refractivity contribution in [1.82, 2.24) is 59.6 Å². The van der Waals surface area contributed by atoms with Gasteiger partial charge in [-0.2, -0.15) is 0 Å². The predicted octanol–water partition coefficient (Wildman–Crippen LogP) is 19.0. The van der Waals surface area contributed by atoms with Gasteiger partial charge in [-0.3, -0.25) is 38.9 Å². The third-order valence-electron chi connectivity index (χ3n) is 22.8. The summed E-state index contributed by atoms with van der Waals surface area (Å²) in [5.74, 6) is 0.00458. The fraction of sp³-hybridized carbons (Fsp3) is 0.628. The first-order valence-corrected chi connectivity index (χ1v) is 47.3. The maximum Gasteiger partial charge on any atom is 0.310 e. The molecule has 0 amide bonds. The number of likely N-dealkylation sites (tertiary alicyclic amines) is 6. The van der Waals surface area contributed by atoms with Crippen molar-refractivity contribution in [3.05, 3.63) is 183 Å². The molecule has 28 heteroatoms. The fourth-order valence-corrected chi connectivity index (χ4v) is 18.2. The molecular weight excluding hydrogens is 1690 g/mol. The van der Waals surface area contributed by atoms with Gasteiger partial charge in [-0.05, 0) is 294 Å². The number of nitrogens with one attached hydrogen (secondary N) is 2. The number of hydrogen-bond acceptors (Lipinski definition) is 18. The molecular formula is C94H138BrClF6N12O6S2. The summed E-state index contributed by atoms with van der Waals surface area (Å²) in [6.45, 7) is 31.6. The molecule has 8 unspecified atom stereocenters. The summed E-state index contributed by atoms with van der Waals surface area (Å²) in [4.78, 5) is 66.3. The van der Waals surface area contributed by atoms with Crippen LogP contribution >= 0.6 is 51.5 Å². The highest BCUT2D eigenvalue weighted by molar-refractivity contribution is 9.09. The van der Waals surface area contributed by atoms with Crippen molar-refractivity contribution >= 4 is 69.2 Å². The van der Waals surface area contributed by atoms with Gasteiger partial charge >= 0.3 is 11.9 Å². The zero-order valence-corrected chi connectivity index (χ0v) is 77.5. The topological polar surface area (TPSA) is 179 Å². The minimum Gasteiger partial charge on any atom is -0.481 e. The van der Waals surface area contributed by atoms with E-state index < -0.39 is 41.6 Å². The molecule has 7 saturated heterocycles. The van der Waals surface area contributed by atoms with Gasteiger partial charge in [0.05, 0.1) is 24.0 Å². The number of ketones is 1. The molecule has 122 heavy (non-hydrogen) atoms. The van der Waals surface area contributed by atoms with E-state index in [4.69, 9.17) is 43.4 Å². The van der Waals surface area contributed by atoms with Crippen LogP contribution < -0.4 is 5.32 Å². The van der Waals surface area contributed by atoms with Crippen molar-refractivity contribution < 1.29 is 55.3 Å². The van der Waals surface area contributed by atoms with E-state index in [1.165, 1.54) is 137 Å². The molecule has 678 valence electrons. The average molecular weight is 1830 g/mol. The molecule has 0 spiro atoms. The minimum atomic E-state index is -0.911. The molecule has 8 fully saturated rings. The third-order valence-corrected chi connectivity index (χ3v) is 25.0. The van der Waals surface area contributed by atoms with E-state index >= 15 is 0 Å². The Balaban J connectivity index is 0.000000198. The zero-order valence-electron chi connectivity index (χ0n) is 73.5. The standard InChI is InChI=1S/C22H30N4S.C16H19N3S.C14H17F2NO.C13H15F2NO2.C8H15NO2.C8H19NO.C7H11BrF2.C6H12ClN/c1-2-7-19(8-3-1)17-26-14-6-9-20(18-26)21-10-11-23-22(24-21)27-16-15-25-12-4-5-13-25;20-16-17-9-8-15(18-16)14-7-4-10-19(12-14)11-13-5-2-1-3-6-13;1-10(18)12-3-2-4-17(9-12)8-11-5-13(15)7-14(16)6-11;14-11-4-9(5-12(15)6-11)7-16-3-1-2-10(8-16)13(17)18;1-2-11-8(10)7-4-3-5-9-6-7;1-7(9(5)6)10-8(2,3)4;8-4-5-1-6(9)3-7(10)2-5;7-3-6-8-4-1-2-5-8/h1-3,7-8,10-11,20H,4-6,9,12-18H2;1-3,5-6,8-9,14H,4,7,10-12H2,(H,17,18,20);5-7,12H,2-4,8-9H2,1H3;4-6,10H,1-3,7-8H2,(H,17,18);7,9H,2-6H2,1H3;7H,1-6H3;5-7H,1-4H2;1-6H2. The summed E-state index contributed by atoms with van der Waals surface area (Å²) in [5.41, 5.74) is 6.36. The Morgan fingerprint density at radius 2 is 1.07 bits per heavy atom. The SMILES string of the molecule is CC(=O)C1CCCN(Cc2cc(F)cc(F)c2)C1.CC(OC(C)(C)C)N(C)C.CCOC(=O)C1CCCNC1.ClCCN1CCCC1.FC1CC(F)CC(CBr)C1.O=C(O)C1CCCN(Cc2cc(F)cc(F)c2)C1.S=c1nccc(C2CCCN(Cc3ccccc3)C2)[nH]1.c1ccc(CN2CCCC(c3ccnc(SCCN4CCCC4)n3)C2)cc1. The van der Waals surface area contributed by atoms with Crippen LogP contribution in [0.2, 0.25) is 0 Å². The molecule has 1 saturated carbocycles. The number of aromatic amines is 1. The molecule has 9 heterocycles. The van der Waals surface area contributed by atoms with Gasteiger partial charge in [0.25, 0.3) is 0 Å². The molecule has 3 N–H and O–H groups in total. The second-order valence-corrected chi connectivity index (χ2v) is 37.0. The Kier molecular flexibility index (Phi) is 48.3. The van der Waals surface area contributed by atoms with Crippen LogP contribution in [-0.2, 0) is 50.0 Å². The average Bonchev–Trinajstić information content (AvgIpc) is 0.968. The molecule has 1 aliphatic carbocycles. The second kappa shape index (κ2) is 57.1. The Morgan fingerprint density at radius 3 is 1.54 bits per heavy atom. The van der Waals surface area contributed by atoms with Gasteiger partial charge in [0.1, 0.15) is 47.6 Å². The lowest BCUT2D eigenvalue weighted by atomic mass is 9.88. The molecule has 4 aromatic carbocycles. The molecule has 8 atom stereocenters. The van der Waals surface area contributed by atoms with Crippen molar-refractivity contribution in [3.63, 3.8) is 0 Å². The lowest BCUT2D eigenvalue weighted by Crippen LogP contribution is -2.38. The van der Waals surface area contributed by atoms with E-state index in [0.717, 1.165) is 132 Å². The van der Waals surface area contributed by atoms with Crippen LogP contribution in [0, 0.1) is 51.7 Å². The van der Waals surface area contributed by atoms with Crippen molar-refractivity contribution in [2.45, 2.75) is 218 Å². The number of rotatable bonds is 23.